The van der Waals surface area contributed by atoms with Gasteiger partial charge in [0.2, 0.25) is 47.3 Å². The van der Waals surface area contributed by atoms with Crippen LogP contribution in [0.1, 0.15) is 127 Å². The molecule has 6 rings (SSSR count). The van der Waals surface area contributed by atoms with Gasteiger partial charge in [0.05, 0.1) is 12.1 Å². The van der Waals surface area contributed by atoms with Crippen molar-refractivity contribution in [2.24, 2.45) is 11.8 Å². The Balaban J connectivity index is 0.949. The van der Waals surface area contributed by atoms with Crippen molar-refractivity contribution in [1.82, 2.24) is 52.3 Å². The maximum absolute atomic E-state index is 14.1. The molecule has 4 saturated heterocycles. The van der Waals surface area contributed by atoms with Crippen LogP contribution in [-0.2, 0) is 38.4 Å². The third kappa shape index (κ3) is 14.5. The molecule has 0 unspecified atom stereocenters. The van der Waals surface area contributed by atoms with Crippen LogP contribution in [0.5, 0.6) is 0 Å². The van der Waals surface area contributed by atoms with Crippen molar-refractivity contribution in [2.75, 3.05) is 40.4 Å². The molecule has 0 saturated carbocycles. The monoisotopic (exact) mass is 1030 g/mol. The summed E-state index contributed by atoms with van der Waals surface area (Å²) >= 11 is 0. The second kappa shape index (κ2) is 28.1. The molecule has 0 aromatic heterocycles. The lowest BCUT2D eigenvalue weighted by Crippen LogP contribution is -2.58. The van der Waals surface area contributed by atoms with Crippen molar-refractivity contribution in [3.8, 4) is 0 Å². The largest absolute Gasteiger partial charge is 0.396 e. The van der Waals surface area contributed by atoms with Gasteiger partial charge in [-0.2, -0.15) is 0 Å². The molecule has 406 valence electrons. The first kappa shape index (κ1) is 57.3. The molecule has 20 nitrogen and oxygen atoms in total. The highest BCUT2D eigenvalue weighted by Gasteiger charge is 2.50. The molecule has 4 aliphatic heterocycles. The molecule has 0 aliphatic carbocycles. The van der Waals surface area contributed by atoms with Gasteiger partial charge in [0.25, 0.3) is 0 Å². The van der Waals surface area contributed by atoms with E-state index in [2.05, 4.69) is 42.5 Å². The molecule has 2 aromatic carbocycles. The Kier molecular flexibility index (Phi) is 21.8. The summed E-state index contributed by atoms with van der Waals surface area (Å²) in [5, 5.41) is 43.6. The first-order valence-corrected chi connectivity index (χ1v) is 26.8. The van der Waals surface area contributed by atoms with E-state index in [4.69, 9.17) is 0 Å². The van der Waals surface area contributed by atoms with Gasteiger partial charge in [-0.15, -0.1) is 0 Å². The predicted molar refractivity (Wildman–Crippen MR) is 276 cm³/mol. The topological polar surface area (TPSA) is 280 Å². The fraction of sp³-hybridized carbons (Fsp3) is 0.630. The lowest BCUT2D eigenvalue weighted by molar-refractivity contribution is -0.144. The molecule has 4 heterocycles. The molecule has 2 aromatic rings. The average molecular weight is 1030 g/mol. The van der Waals surface area contributed by atoms with Crippen molar-refractivity contribution < 1.29 is 48.6 Å². The van der Waals surface area contributed by atoms with Crippen LogP contribution in [0, 0.1) is 11.8 Å². The highest BCUT2D eigenvalue weighted by Crippen LogP contribution is 2.36. The van der Waals surface area contributed by atoms with E-state index in [1.54, 1.807) is 86.3 Å². The third-order valence-electron chi connectivity index (χ3n) is 15.6. The maximum atomic E-state index is 14.1. The lowest BCUT2D eigenvalue weighted by atomic mass is 9.94. The zero-order valence-electron chi connectivity index (χ0n) is 43.5. The van der Waals surface area contributed by atoms with Crippen molar-refractivity contribution in [1.29, 1.82) is 0 Å². The summed E-state index contributed by atoms with van der Waals surface area (Å²) in [6.45, 7) is 3.54. The number of aliphatic hydroxyl groups is 2. The summed E-state index contributed by atoms with van der Waals surface area (Å²) in [4.78, 5) is 113. The molecular formula is C54H80N10O10. The number of hydrogen-bond donors (Lipinski definition) is 10. The zero-order valence-corrected chi connectivity index (χ0v) is 43.5. The molecule has 8 amide bonds. The summed E-state index contributed by atoms with van der Waals surface area (Å²) in [7, 11) is 3.28. The summed E-state index contributed by atoms with van der Waals surface area (Å²) in [5.41, 5.74) is 1.19. The summed E-state index contributed by atoms with van der Waals surface area (Å²) in [6, 6.07) is 10.6. The lowest BCUT2D eigenvalue weighted by Gasteiger charge is -2.33. The van der Waals surface area contributed by atoms with E-state index in [1.165, 1.54) is 0 Å². The van der Waals surface area contributed by atoms with Gasteiger partial charge in [0.15, 0.2) is 0 Å². The second-order valence-corrected chi connectivity index (χ2v) is 20.4. The van der Waals surface area contributed by atoms with Crippen LogP contribution in [-0.4, -0.2) is 156 Å². The van der Waals surface area contributed by atoms with E-state index in [1.807, 2.05) is 12.1 Å². The molecule has 10 N–H and O–H groups in total. The Hall–Kier alpha value is -5.96. The van der Waals surface area contributed by atoms with Crippen LogP contribution < -0.4 is 42.5 Å². The fourth-order valence-electron chi connectivity index (χ4n) is 10.9. The molecule has 0 spiro atoms. The highest BCUT2D eigenvalue weighted by molar-refractivity contribution is 5.97. The molecular weight excluding hydrogens is 949 g/mol. The Morgan fingerprint density at radius 1 is 0.514 bits per heavy atom. The van der Waals surface area contributed by atoms with Gasteiger partial charge in [0.1, 0.15) is 36.3 Å². The van der Waals surface area contributed by atoms with Gasteiger partial charge in [0, 0.05) is 50.2 Å². The first-order chi connectivity index (χ1) is 35.7. The summed E-state index contributed by atoms with van der Waals surface area (Å²) < 4.78 is 0. The van der Waals surface area contributed by atoms with E-state index < -0.39 is 83.8 Å². The number of hydrogen-bond acceptors (Lipinski definition) is 12. The van der Waals surface area contributed by atoms with Gasteiger partial charge in [-0.05, 0) is 103 Å². The van der Waals surface area contributed by atoms with Crippen LogP contribution in [0.25, 0.3) is 0 Å². The minimum absolute atomic E-state index is 0.232. The first-order valence-electron chi connectivity index (χ1n) is 26.8. The Morgan fingerprint density at radius 3 is 1.22 bits per heavy atom. The number of nitrogens with zero attached hydrogens (tertiary/aromatic N) is 2. The van der Waals surface area contributed by atoms with Crippen LogP contribution in [0.15, 0.2) is 60.7 Å². The van der Waals surface area contributed by atoms with Gasteiger partial charge < -0.3 is 62.5 Å². The van der Waals surface area contributed by atoms with Gasteiger partial charge in [-0.3, -0.25) is 38.4 Å². The fourth-order valence-corrected chi connectivity index (χ4v) is 10.9. The molecule has 20 heteroatoms. The van der Waals surface area contributed by atoms with E-state index in [0.717, 1.165) is 25.7 Å². The number of aliphatic hydroxyl groups excluding tert-OH is 2. The number of rotatable bonds is 25. The van der Waals surface area contributed by atoms with E-state index >= 15 is 0 Å². The Morgan fingerprint density at radius 2 is 0.865 bits per heavy atom. The molecule has 4 fully saturated rings. The number of carbonyl (C=O) groups is 8. The number of carbonyl (C=O) groups excluding carboxylic acids is 8. The Labute approximate surface area is 435 Å². The minimum atomic E-state index is -1.01. The van der Waals surface area contributed by atoms with Crippen molar-refractivity contribution >= 4 is 47.3 Å². The van der Waals surface area contributed by atoms with E-state index in [0.29, 0.717) is 88.4 Å². The van der Waals surface area contributed by atoms with Crippen LogP contribution in [0.2, 0.25) is 0 Å². The average Bonchev–Trinajstić information content (AvgIpc) is 3.99. The molecule has 0 radical (unpaired) electrons. The summed E-state index contributed by atoms with van der Waals surface area (Å²) in [5.74, 6) is -4.23. The van der Waals surface area contributed by atoms with Crippen LogP contribution in [0.3, 0.4) is 0 Å². The molecule has 0 bridgehead atoms. The number of benzene rings is 2. The van der Waals surface area contributed by atoms with Gasteiger partial charge >= 0.3 is 0 Å². The Bertz CT molecular complexity index is 2070. The summed E-state index contributed by atoms with van der Waals surface area (Å²) in [6.07, 6.45) is 9.00. The van der Waals surface area contributed by atoms with E-state index in [-0.39, 0.29) is 48.9 Å². The maximum Gasteiger partial charge on any atom is 0.247 e. The third-order valence-corrected chi connectivity index (χ3v) is 15.6. The SMILES string of the molecule is CN[C@@H](C)C(=O)N[C@@H]1C(=O)N2[C@@H](CC[C@@H]1CO)CC[C@H]2C(=O)N[C@H](C(=O)NCCCCCCCCNC(=O)[C@@H](NC(=O)[C@@H]1CC[C@@H]2CC[C@H](CO)[C@H](NC(=O)[C@H](C)NC)C(=O)N21)c1ccccc1)c1ccccc1. The number of nitrogens with one attached hydrogen (secondary N) is 8. The highest BCUT2D eigenvalue weighted by atomic mass is 16.3. The standard InChI is InChI=1S/C54H80N10O10/c1-33(55-3)47(67)61-45-37(31-65)21-23-39-25-27-41(63(39)53(45)73)49(69)59-43(35-17-11-9-12-18-35)51(71)57-29-15-7-5-6-8-16-30-58-52(72)44(36-19-13-10-14-20-36)60-50(70)42-28-26-40-24-22-38(32-66)46(54(74)64(40)42)62-48(68)34(2)56-4/h9-14,17-20,33-34,37-46,55-56,65-66H,5-8,15-16,21-32H2,1-4H3,(H,57,71)(H,58,72)(H,59,69)(H,60,70)(H,61,67)(H,62,68)/t33-,34-,37+,38+,39-,40-,41-,42-,43-,44-,45-,46-/m0/s1. The van der Waals surface area contributed by atoms with E-state index in [9.17, 15) is 48.6 Å². The molecule has 4 aliphatic rings. The van der Waals surface area contributed by atoms with Crippen LogP contribution >= 0.6 is 0 Å². The molecule has 12 atom stereocenters. The van der Waals surface area contributed by atoms with Gasteiger partial charge in [-0.25, -0.2) is 0 Å². The van der Waals surface area contributed by atoms with Gasteiger partial charge in [-0.1, -0.05) is 86.3 Å². The normalized spacial score (nSPS) is 25.2. The number of amides is 8. The number of likely N-dealkylation sites (N-methyl/N-ethyl adjacent to an activating group) is 2. The smallest absolute Gasteiger partial charge is 0.247 e. The zero-order chi connectivity index (χ0) is 53.3. The minimum Gasteiger partial charge on any atom is -0.396 e. The quantitative estimate of drug-likeness (QED) is 0.0624. The second-order valence-electron chi connectivity index (χ2n) is 20.4. The van der Waals surface area contributed by atoms with Crippen molar-refractivity contribution in [3.05, 3.63) is 71.8 Å². The van der Waals surface area contributed by atoms with Crippen molar-refractivity contribution in [2.45, 2.75) is 164 Å². The molecule has 74 heavy (non-hydrogen) atoms. The number of unbranched alkanes of at least 4 members (excludes halogenated alkanes) is 5. The van der Waals surface area contributed by atoms with Crippen LogP contribution in [0.4, 0.5) is 0 Å². The van der Waals surface area contributed by atoms with Crippen molar-refractivity contribution in [3.63, 3.8) is 0 Å². The number of fused-ring (bicyclic) bond motifs is 2. The predicted octanol–water partition coefficient (Wildman–Crippen LogP) is 0.984.